The second-order valence-corrected chi connectivity index (χ2v) is 9.14. The van der Waals surface area contributed by atoms with Crippen molar-refractivity contribution in [3.63, 3.8) is 0 Å². The fraction of sp³-hybridized carbons (Fsp3) is 0.842. The first-order valence-electron chi connectivity index (χ1n) is 9.18. The van der Waals surface area contributed by atoms with E-state index in [4.69, 9.17) is 4.74 Å². The van der Waals surface area contributed by atoms with E-state index in [2.05, 4.69) is 0 Å². The van der Waals surface area contributed by atoms with Gasteiger partial charge in [-0.1, -0.05) is 27.7 Å². The van der Waals surface area contributed by atoms with Gasteiger partial charge in [0.2, 0.25) is 0 Å². The Morgan fingerprint density at radius 2 is 1.72 bits per heavy atom. The highest BCUT2D eigenvalue weighted by molar-refractivity contribution is 5.94. The number of hydrogen-bond donors (Lipinski definition) is 2. The summed E-state index contributed by atoms with van der Waals surface area (Å²) in [6.45, 7) is 7.30. The third-order valence-corrected chi connectivity index (χ3v) is 8.10. The number of fused-ring (bicyclic) bond motifs is 6. The molecule has 10 atom stereocenters. The van der Waals surface area contributed by atoms with Crippen LogP contribution in [0.15, 0.2) is 0 Å². The Morgan fingerprint density at radius 3 is 2.36 bits per heavy atom. The number of ketones is 2. The van der Waals surface area contributed by atoms with Crippen molar-refractivity contribution in [1.29, 1.82) is 0 Å². The molecule has 2 bridgehead atoms. The second kappa shape index (κ2) is 4.92. The molecule has 0 unspecified atom stereocenters. The first kappa shape index (κ1) is 17.2. The van der Waals surface area contributed by atoms with Gasteiger partial charge in [0.15, 0.2) is 5.78 Å². The topological polar surface area (TPSA) is 101 Å². The highest BCUT2D eigenvalue weighted by atomic mass is 16.6. The zero-order chi connectivity index (χ0) is 18.5. The van der Waals surface area contributed by atoms with Gasteiger partial charge < -0.3 is 14.9 Å². The molecule has 3 saturated carbocycles. The molecule has 3 aliphatic carbocycles. The summed E-state index contributed by atoms with van der Waals surface area (Å²) in [7, 11) is 0. The summed E-state index contributed by atoms with van der Waals surface area (Å²) in [4.78, 5) is 38.1. The second-order valence-electron chi connectivity index (χ2n) is 9.14. The van der Waals surface area contributed by atoms with E-state index in [9.17, 15) is 24.6 Å². The van der Waals surface area contributed by atoms with Crippen molar-refractivity contribution in [2.24, 2.45) is 40.4 Å². The molecule has 0 spiro atoms. The van der Waals surface area contributed by atoms with E-state index in [1.54, 1.807) is 6.92 Å². The van der Waals surface area contributed by atoms with Crippen molar-refractivity contribution in [2.45, 2.75) is 58.8 Å². The molecule has 4 rings (SSSR count). The predicted molar refractivity (Wildman–Crippen MR) is 86.2 cm³/mol. The predicted octanol–water partition coefficient (Wildman–Crippen LogP) is 0.726. The average Bonchev–Trinajstić information content (AvgIpc) is 2.78. The van der Waals surface area contributed by atoms with Gasteiger partial charge in [0.1, 0.15) is 18.0 Å². The van der Waals surface area contributed by atoms with E-state index in [0.29, 0.717) is 0 Å². The molecule has 1 saturated heterocycles. The molecular weight excluding hydrogens is 324 g/mol. The van der Waals surface area contributed by atoms with Crippen LogP contribution in [0.25, 0.3) is 0 Å². The maximum atomic E-state index is 13.2. The summed E-state index contributed by atoms with van der Waals surface area (Å²) in [6.07, 6.45) is -2.51. The molecule has 25 heavy (non-hydrogen) atoms. The monoisotopic (exact) mass is 350 g/mol. The minimum atomic E-state index is -1.23. The van der Waals surface area contributed by atoms with Gasteiger partial charge in [-0.05, 0) is 11.8 Å². The Morgan fingerprint density at radius 1 is 1.08 bits per heavy atom. The molecule has 0 amide bonds. The van der Waals surface area contributed by atoms with E-state index in [0.717, 1.165) is 0 Å². The van der Waals surface area contributed by atoms with E-state index < -0.39 is 46.9 Å². The van der Waals surface area contributed by atoms with Gasteiger partial charge in [-0.2, -0.15) is 0 Å². The lowest BCUT2D eigenvalue weighted by atomic mass is 9.39. The third-order valence-electron chi connectivity index (χ3n) is 8.10. The molecule has 4 fully saturated rings. The zero-order valence-corrected chi connectivity index (χ0v) is 15.1. The highest BCUT2D eigenvalue weighted by Crippen LogP contribution is 2.67. The van der Waals surface area contributed by atoms with Gasteiger partial charge in [0, 0.05) is 35.5 Å². The molecule has 1 aliphatic heterocycles. The van der Waals surface area contributed by atoms with Crippen LogP contribution in [0.5, 0.6) is 0 Å². The van der Waals surface area contributed by atoms with Gasteiger partial charge in [-0.15, -0.1) is 0 Å². The lowest BCUT2D eigenvalue weighted by molar-refractivity contribution is -0.223. The number of hydrogen-bond acceptors (Lipinski definition) is 6. The first-order chi connectivity index (χ1) is 11.6. The van der Waals surface area contributed by atoms with Gasteiger partial charge in [0.25, 0.3) is 0 Å². The van der Waals surface area contributed by atoms with Crippen LogP contribution in [0.3, 0.4) is 0 Å². The number of rotatable bonds is 0. The number of carbonyl (C=O) groups excluding carboxylic acids is 3. The summed E-state index contributed by atoms with van der Waals surface area (Å²) >= 11 is 0. The summed E-state index contributed by atoms with van der Waals surface area (Å²) in [6, 6.07) is 0. The Hall–Kier alpha value is -1.27. The van der Waals surface area contributed by atoms with E-state index in [1.165, 1.54) is 0 Å². The number of aliphatic hydroxyl groups excluding tert-OH is 2. The SMILES string of the molecule is C[C@H]1[C@H]2OC(=O)[C@@H]1[C@]1(C)C(=O)C[C@@H]3[C@H](C)CC(=O)[C@@H](O)[C@]3(C)[C@@H]1[C@H]2O. The highest BCUT2D eigenvalue weighted by Gasteiger charge is 2.75. The summed E-state index contributed by atoms with van der Waals surface area (Å²) in [5.41, 5.74) is -2.06. The molecule has 4 aliphatic rings. The van der Waals surface area contributed by atoms with Gasteiger partial charge in [-0.3, -0.25) is 14.4 Å². The summed E-state index contributed by atoms with van der Waals surface area (Å²) in [5, 5.41) is 21.9. The smallest absolute Gasteiger partial charge is 0.310 e. The van der Waals surface area contributed by atoms with Gasteiger partial charge in [0.05, 0.1) is 12.0 Å². The molecule has 6 heteroatoms. The Kier molecular flexibility index (Phi) is 3.37. The van der Waals surface area contributed by atoms with E-state index in [1.807, 2.05) is 20.8 Å². The zero-order valence-electron chi connectivity index (χ0n) is 15.1. The lowest BCUT2D eigenvalue weighted by Crippen LogP contribution is -2.71. The number of carbonyl (C=O) groups is 3. The van der Waals surface area contributed by atoms with Crippen molar-refractivity contribution in [2.75, 3.05) is 0 Å². The quantitative estimate of drug-likeness (QED) is 0.625. The Bertz CT molecular complexity index is 673. The number of Topliss-reactive ketones (excluding diaryl/α,β-unsaturated/α-hetero) is 2. The Balaban J connectivity index is 1.93. The largest absolute Gasteiger partial charge is 0.459 e. The number of esters is 1. The van der Waals surface area contributed by atoms with Crippen LogP contribution < -0.4 is 0 Å². The van der Waals surface area contributed by atoms with Crippen molar-refractivity contribution < 1.29 is 29.3 Å². The molecule has 0 aromatic rings. The average molecular weight is 350 g/mol. The van der Waals surface area contributed by atoms with Crippen LogP contribution in [-0.4, -0.2) is 46.1 Å². The normalized spacial score (nSPS) is 57.8. The minimum absolute atomic E-state index is 0.0461. The molecule has 6 nitrogen and oxygen atoms in total. The molecule has 1 heterocycles. The maximum Gasteiger partial charge on any atom is 0.310 e. The fourth-order valence-electron chi connectivity index (χ4n) is 6.96. The minimum Gasteiger partial charge on any atom is -0.459 e. The van der Waals surface area contributed by atoms with Crippen molar-refractivity contribution >= 4 is 17.5 Å². The molecule has 2 N–H and O–H groups in total. The summed E-state index contributed by atoms with van der Waals surface area (Å²) in [5.74, 6) is -2.54. The molecule has 0 aromatic carbocycles. The lowest BCUT2D eigenvalue weighted by Gasteiger charge is -2.63. The van der Waals surface area contributed by atoms with E-state index in [-0.39, 0.29) is 42.2 Å². The number of ether oxygens (including phenoxy) is 1. The van der Waals surface area contributed by atoms with Crippen molar-refractivity contribution in [3.05, 3.63) is 0 Å². The van der Waals surface area contributed by atoms with Crippen molar-refractivity contribution in [1.82, 2.24) is 0 Å². The van der Waals surface area contributed by atoms with Crippen LogP contribution in [0.2, 0.25) is 0 Å². The molecule has 138 valence electrons. The van der Waals surface area contributed by atoms with E-state index >= 15 is 0 Å². The Labute approximate surface area is 146 Å². The summed E-state index contributed by atoms with van der Waals surface area (Å²) < 4.78 is 5.42. The van der Waals surface area contributed by atoms with Crippen LogP contribution in [0.1, 0.15) is 40.5 Å². The van der Waals surface area contributed by atoms with Gasteiger partial charge in [-0.25, -0.2) is 0 Å². The van der Waals surface area contributed by atoms with Crippen LogP contribution >= 0.6 is 0 Å². The van der Waals surface area contributed by atoms with Crippen LogP contribution in [-0.2, 0) is 19.1 Å². The van der Waals surface area contributed by atoms with Crippen LogP contribution in [0.4, 0.5) is 0 Å². The molecular formula is C19H26O6. The molecule has 0 radical (unpaired) electrons. The van der Waals surface area contributed by atoms with Gasteiger partial charge >= 0.3 is 5.97 Å². The first-order valence-corrected chi connectivity index (χ1v) is 9.18. The fourth-order valence-corrected chi connectivity index (χ4v) is 6.96. The standard InChI is InChI=1S/C19H26O6/c1-7-5-10(20)16(23)18(3)9(7)6-11(21)19(4)12-8(2)14(25-17(12)24)13(22)15(18)19/h7-9,12-16,22-23H,5-6H2,1-4H3/t7-,8-,9-,12-,13+,14-,15+,16-,18+,19+/m1/s1. The van der Waals surface area contributed by atoms with Crippen LogP contribution in [0, 0.1) is 40.4 Å². The molecule has 0 aromatic heterocycles. The van der Waals surface area contributed by atoms with Crippen molar-refractivity contribution in [3.8, 4) is 0 Å². The third kappa shape index (κ3) is 1.75. The number of aliphatic hydroxyl groups is 2. The maximum absolute atomic E-state index is 13.2.